The molecule has 0 aliphatic heterocycles. The fraction of sp³-hybridized carbons (Fsp3) is 0.478. The van der Waals surface area contributed by atoms with E-state index < -0.39 is 17.5 Å². The number of amides is 1. The van der Waals surface area contributed by atoms with Crippen molar-refractivity contribution in [2.45, 2.75) is 57.0 Å². The first-order valence-electron chi connectivity index (χ1n) is 11.5. The van der Waals surface area contributed by atoms with Gasteiger partial charge in [0.15, 0.2) is 5.65 Å². The second-order valence-electron chi connectivity index (χ2n) is 9.24. The van der Waals surface area contributed by atoms with Crippen molar-refractivity contribution in [3.8, 4) is 0 Å². The van der Waals surface area contributed by atoms with Gasteiger partial charge in [-0.15, -0.1) is 0 Å². The Kier molecular flexibility index (Phi) is 5.49. The predicted octanol–water partition coefficient (Wildman–Crippen LogP) is 3.56. The third kappa shape index (κ3) is 3.99. The van der Waals surface area contributed by atoms with Gasteiger partial charge in [-0.3, -0.25) is 9.59 Å². The van der Waals surface area contributed by atoms with Crippen molar-refractivity contribution in [3.63, 3.8) is 0 Å². The summed E-state index contributed by atoms with van der Waals surface area (Å²) in [6.07, 6.45) is 5.42. The summed E-state index contributed by atoms with van der Waals surface area (Å²) in [4.78, 5) is 30.5. The number of rotatable bonds is 6. The molecule has 3 N–H and O–H groups in total. The first-order valence-corrected chi connectivity index (χ1v) is 11.5. The van der Waals surface area contributed by atoms with E-state index >= 15 is 0 Å². The molecule has 0 spiro atoms. The maximum atomic E-state index is 13.3. The van der Waals surface area contributed by atoms with Crippen molar-refractivity contribution < 1.29 is 13.6 Å². The van der Waals surface area contributed by atoms with Crippen LogP contribution in [0.1, 0.15) is 55.4 Å². The molecule has 0 radical (unpaired) electrons. The van der Waals surface area contributed by atoms with E-state index in [9.17, 15) is 18.4 Å². The molecular formula is C23H27F2N7O2. The monoisotopic (exact) mass is 471 g/mol. The molecule has 9 nitrogen and oxygen atoms in total. The number of nitrogens with one attached hydrogen (secondary N) is 3. The van der Waals surface area contributed by atoms with Crippen LogP contribution in [0.25, 0.3) is 5.65 Å². The van der Waals surface area contributed by atoms with Gasteiger partial charge in [-0.1, -0.05) is 13.3 Å². The van der Waals surface area contributed by atoms with E-state index in [2.05, 4.69) is 33.0 Å². The highest BCUT2D eigenvalue weighted by Crippen LogP contribution is 2.44. The molecule has 3 heterocycles. The summed E-state index contributed by atoms with van der Waals surface area (Å²) in [5.41, 5.74) is 0.480. The second kappa shape index (κ2) is 8.37. The van der Waals surface area contributed by atoms with Crippen LogP contribution in [0.4, 0.5) is 26.1 Å². The van der Waals surface area contributed by atoms with Crippen LogP contribution in [-0.2, 0) is 0 Å². The molecule has 3 aromatic rings. The van der Waals surface area contributed by atoms with Gasteiger partial charge in [-0.05, 0) is 30.9 Å². The number of anilines is 3. The number of hydrogen-bond acceptors (Lipinski definition) is 6. The fourth-order valence-electron chi connectivity index (χ4n) is 4.83. The van der Waals surface area contributed by atoms with Crippen molar-refractivity contribution >= 4 is 28.9 Å². The molecule has 11 heteroatoms. The first kappa shape index (κ1) is 22.3. The number of carbonyl (C=O) groups is 1. The molecule has 2 saturated carbocycles. The van der Waals surface area contributed by atoms with Crippen LogP contribution in [-0.4, -0.2) is 44.1 Å². The molecule has 3 aromatic heterocycles. The highest BCUT2D eigenvalue weighted by atomic mass is 19.3. The quantitative estimate of drug-likeness (QED) is 0.508. The lowest BCUT2D eigenvalue weighted by Gasteiger charge is -2.36. The minimum Gasteiger partial charge on any atom is -0.373 e. The van der Waals surface area contributed by atoms with Crippen molar-refractivity contribution in [2.75, 3.05) is 17.7 Å². The molecule has 2 atom stereocenters. The van der Waals surface area contributed by atoms with Crippen LogP contribution < -0.4 is 21.5 Å². The lowest BCUT2D eigenvalue weighted by Crippen LogP contribution is -2.41. The number of aromatic nitrogens is 4. The minimum atomic E-state index is -2.73. The Morgan fingerprint density at radius 2 is 2.06 bits per heavy atom. The zero-order valence-corrected chi connectivity index (χ0v) is 19.0. The lowest BCUT2D eigenvalue weighted by molar-refractivity contribution is -0.104. The Morgan fingerprint density at radius 3 is 2.74 bits per heavy atom. The van der Waals surface area contributed by atoms with Crippen molar-refractivity contribution in [1.29, 1.82) is 0 Å². The number of carbonyl (C=O) groups excluding carboxylic acids is 1. The van der Waals surface area contributed by atoms with Gasteiger partial charge in [0.1, 0.15) is 22.9 Å². The predicted molar refractivity (Wildman–Crippen MR) is 124 cm³/mol. The van der Waals surface area contributed by atoms with E-state index in [1.54, 1.807) is 25.2 Å². The lowest BCUT2D eigenvalue weighted by atomic mass is 9.88. The van der Waals surface area contributed by atoms with Crippen LogP contribution in [0.2, 0.25) is 0 Å². The van der Waals surface area contributed by atoms with Crippen LogP contribution >= 0.6 is 0 Å². The SMILES string of the molecule is CNc1cc(Nc2cccn(C3CC(F)(F)C3)c2=O)nc2c(C(=O)NC3CCCC3C)cnn12. The summed E-state index contributed by atoms with van der Waals surface area (Å²) in [7, 11) is 1.71. The largest absolute Gasteiger partial charge is 0.373 e. The zero-order chi connectivity index (χ0) is 24.0. The number of fused-ring (bicyclic) bond motifs is 1. The average Bonchev–Trinajstić information content (AvgIpc) is 3.39. The summed E-state index contributed by atoms with van der Waals surface area (Å²) < 4.78 is 29.5. The molecule has 34 heavy (non-hydrogen) atoms. The molecule has 2 aliphatic rings. The van der Waals surface area contributed by atoms with E-state index in [1.165, 1.54) is 21.5 Å². The van der Waals surface area contributed by atoms with Crippen LogP contribution in [0.15, 0.2) is 35.4 Å². The standard InChI is InChI=1S/C23H27F2N7O2/c1-13-5-3-6-16(13)29-21(33)15-12-27-32-19(26-2)9-18(30-20(15)32)28-17-7-4-8-31(22(17)34)14-10-23(24,25)11-14/h4,7-9,12-14,16,26H,3,5-6,10-11H2,1-2H3,(H,28,30)(H,29,33). The summed E-state index contributed by atoms with van der Waals surface area (Å²) in [5.74, 6) is -1.66. The van der Waals surface area contributed by atoms with E-state index in [1.807, 2.05) is 0 Å². The van der Waals surface area contributed by atoms with Gasteiger partial charge in [0, 0.05) is 44.2 Å². The summed E-state index contributed by atoms with van der Waals surface area (Å²) in [6.45, 7) is 2.13. The third-order valence-electron chi connectivity index (χ3n) is 6.85. The Morgan fingerprint density at radius 1 is 1.26 bits per heavy atom. The molecule has 2 fully saturated rings. The van der Waals surface area contributed by atoms with Gasteiger partial charge in [-0.25, -0.2) is 13.8 Å². The van der Waals surface area contributed by atoms with Gasteiger partial charge in [0.25, 0.3) is 17.4 Å². The van der Waals surface area contributed by atoms with Crippen molar-refractivity contribution in [3.05, 3.63) is 46.5 Å². The number of hydrogen-bond donors (Lipinski definition) is 3. The normalized spacial score (nSPS) is 21.9. The summed E-state index contributed by atoms with van der Waals surface area (Å²) in [5, 5.41) is 13.4. The molecule has 0 saturated heterocycles. The molecule has 0 bridgehead atoms. The highest BCUT2D eigenvalue weighted by Gasteiger charge is 2.46. The minimum absolute atomic E-state index is 0.120. The van der Waals surface area contributed by atoms with Crippen LogP contribution in [0.3, 0.4) is 0 Å². The van der Waals surface area contributed by atoms with E-state index in [4.69, 9.17) is 0 Å². The Balaban J connectivity index is 1.45. The first-order chi connectivity index (χ1) is 16.3. The molecule has 180 valence electrons. The molecule has 2 unspecified atom stereocenters. The van der Waals surface area contributed by atoms with Crippen LogP contribution in [0.5, 0.6) is 0 Å². The van der Waals surface area contributed by atoms with Crippen molar-refractivity contribution in [1.82, 2.24) is 24.5 Å². The van der Waals surface area contributed by atoms with Gasteiger partial charge >= 0.3 is 0 Å². The molecule has 5 rings (SSSR count). The Hall–Kier alpha value is -3.50. The molecule has 0 aromatic carbocycles. The highest BCUT2D eigenvalue weighted by molar-refractivity contribution is 6.00. The van der Waals surface area contributed by atoms with Gasteiger partial charge in [0.05, 0.1) is 6.20 Å². The number of nitrogens with zero attached hydrogens (tertiary/aromatic N) is 4. The number of pyridine rings is 1. The average molecular weight is 472 g/mol. The number of halogens is 2. The molecule has 2 aliphatic carbocycles. The summed E-state index contributed by atoms with van der Waals surface area (Å²) >= 11 is 0. The van der Waals surface area contributed by atoms with E-state index in [-0.39, 0.29) is 30.5 Å². The summed E-state index contributed by atoms with van der Waals surface area (Å²) in [6, 6.07) is 4.46. The Labute approximate surface area is 194 Å². The maximum absolute atomic E-state index is 13.3. The molecule has 1 amide bonds. The van der Waals surface area contributed by atoms with Crippen LogP contribution in [0, 0.1) is 5.92 Å². The maximum Gasteiger partial charge on any atom is 0.274 e. The van der Waals surface area contributed by atoms with E-state index in [0.717, 1.165) is 19.3 Å². The molecular weight excluding hydrogens is 444 g/mol. The fourth-order valence-corrected chi connectivity index (χ4v) is 4.83. The zero-order valence-electron chi connectivity index (χ0n) is 19.0. The number of alkyl halides is 2. The smallest absolute Gasteiger partial charge is 0.274 e. The van der Waals surface area contributed by atoms with Crippen molar-refractivity contribution in [2.24, 2.45) is 5.92 Å². The Bertz CT molecular complexity index is 1290. The second-order valence-corrected chi connectivity index (χ2v) is 9.24. The third-order valence-corrected chi connectivity index (χ3v) is 6.85. The van der Waals surface area contributed by atoms with Gasteiger partial charge in [-0.2, -0.15) is 9.61 Å². The van der Waals surface area contributed by atoms with E-state index in [0.29, 0.717) is 28.8 Å². The van der Waals surface area contributed by atoms with Gasteiger partial charge < -0.3 is 20.5 Å². The topological polar surface area (TPSA) is 105 Å². The van der Waals surface area contributed by atoms with Gasteiger partial charge in [0.2, 0.25) is 0 Å².